The summed E-state index contributed by atoms with van der Waals surface area (Å²) in [5.41, 5.74) is 6.75. The van der Waals surface area contributed by atoms with Crippen LogP contribution >= 0.6 is 12.4 Å². The second kappa shape index (κ2) is 8.97. The van der Waals surface area contributed by atoms with Gasteiger partial charge in [0, 0.05) is 17.4 Å². The molecule has 126 valence electrons. The summed E-state index contributed by atoms with van der Waals surface area (Å²) >= 11 is 0. The van der Waals surface area contributed by atoms with Crippen LogP contribution in [0, 0.1) is 5.92 Å². The van der Waals surface area contributed by atoms with Crippen LogP contribution in [0.5, 0.6) is 0 Å². The van der Waals surface area contributed by atoms with E-state index in [-0.39, 0.29) is 36.0 Å². The molecular weight excluding hydrogens is 326 g/mol. The van der Waals surface area contributed by atoms with Crippen molar-refractivity contribution < 1.29 is 13.2 Å². The maximum Gasteiger partial charge on any atom is 0.232 e. The van der Waals surface area contributed by atoms with Gasteiger partial charge < -0.3 is 11.1 Å². The van der Waals surface area contributed by atoms with Gasteiger partial charge in [-0.2, -0.15) is 0 Å². The first-order chi connectivity index (χ1) is 9.75. The van der Waals surface area contributed by atoms with E-state index in [0.717, 1.165) is 0 Å². The Labute approximate surface area is 138 Å². The third-order valence-electron chi connectivity index (χ3n) is 3.10. The lowest BCUT2D eigenvalue weighted by atomic mass is 10.0. The largest absolute Gasteiger partial charge is 0.327 e. The highest BCUT2D eigenvalue weighted by Crippen LogP contribution is 2.16. The summed E-state index contributed by atoms with van der Waals surface area (Å²) in [7, 11) is -3.30. The number of halogens is 1. The molecule has 0 saturated heterocycles. The molecule has 0 saturated carbocycles. The van der Waals surface area contributed by atoms with Crippen LogP contribution in [-0.2, 0) is 14.8 Å². The van der Waals surface area contributed by atoms with E-state index in [1.165, 1.54) is 0 Å². The number of rotatable bonds is 7. The van der Waals surface area contributed by atoms with Gasteiger partial charge >= 0.3 is 0 Å². The van der Waals surface area contributed by atoms with E-state index >= 15 is 0 Å². The van der Waals surface area contributed by atoms with Gasteiger partial charge in [-0.3, -0.25) is 9.52 Å². The molecule has 4 N–H and O–H groups in total. The van der Waals surface area contributed by atoms with Crippen LogP contribution in [0.1, 0.15) is 27.2 Å². The SMILES string of the molecule is CCCS(=O)(=O)Nc1ccc(NC(=O)C(C)C(C)N)cc1.Cl. The number of anilines is 2. The molecule has 0 aliphatic heterocycles. The first-order valence-electron chi connectivity index (χ1n) is 6.92. The Morgan fingerprint density at radius 1 is 1.18 bits per heavy atom. The van der Waals surface area contributed by atoms with E-state index in [0.29, 0.717) is 17.8 Å². The van der Waals surface area contributed by atoms with Gasteiger partial charge in [0.25, 0.3) is 0 Å². The summed E-state index contributed by atoms with van der Waals surface area (Å²) in [5, 5.41) is 2.74. The van der Waals surface area contributed by atoms with Crippen LogP contribution in [0.3, 0.4) is 0 Å². The van der Waals surface area contributed by atoms with E-state index in [2.05, 4.69) is 10.0 Å². The van der Waals surface area contributed by atoms with Crippen molar-refractivity contribution in [2.45, 2.75) is 33.2 Å². The van der Waals surface area contributed by atoms with Crippen molar-refractivity contribution in [3.8, 4) is 0 Å². The van der Waals surface area contributed by atoms with Crippen molar-refractivity contribution in [2.24, 2.45) is 11.7 Å². The number of sulfonamides is 1. The summed E-state index contributed by atoms with van der Waals surface area (Å²) in [5.74, 6) is -0.380. The lowest BCUT2D eigenvalue weighted by molar-refractivity contribution is -0.119. The standard InChI is InChI=1S/C14H23N3O3S.ClH/c1-4-9-21(19,20)17-13-7-5-12(6-8-13)16-14(18)10(2)11(3)15;/h5-8,10-11,17H,4,9,15H2,1-3H3,(H,16,18);1H. The van der Waals surface area contributed by atoms with Gasteiger partial charge in [-0.05, 0) is 37.6 Å². The second-order valence-corrected chi connectivity index (χ2v) is 6.98. The Kier molecular flexibility index (Phi) is 8.44. The number of carbonyl (C=O) groups is 1. The van der Waals surface area contributed by atoms with E-state index in [1.54, 1.807) is 45.0 Å². The van der Waals surface area contributed by atoms with Crippen molar-refractivity contribution in [2.75, 3.05) is 15.8 Å². The summed E-state index contributed by atoms with van der Waals surface area (Å²) < 4.78 is 25.7. The maximum absolute atomic E-state index is 11.9. The predicted octanol–water partition coefficient (Wildman–Crippen LogP) is 2.18. The Balaban J connectivity index is 0.00000441. The number of benzene rings is 1. The molecule has 6 nitrogen and oxygen atoms in total. The van der Waals surface area contributed by atoms with Crippen molar-refractivity contribution in [3.63, 3.8) is 0 Å². The molecule has 0 bridgehead atoms. The molecular formula is C14H24ClN3O3S. The van der Waals surface area contributed by atoms with Crippen LogP contribution in [0.4, 0.5) is 11.4 Å². The molecule has 0 fully saturated rings. The van der Waals surface area contributed by atoms with Crippen molar-refractivity contribution in [1.82, 2.24) is 0 Å². The minimum Gasteiger partial charge on any atom is -0.327 e. The molecule has 0 aliphatic carbocycles. The van der Waals surface area contributed by atoms with Crippen LogP contribution < -0.4 is 15.8 Å². The minimum atomic E-state index is -3.30. The average Bonchev–Trinajstić information content (AvgIpc) is 2.39. The van der Waals surface area contributed by atoms with E-state index in [4.69, 9.17) is 5.73 Å². The van der Waals surface area contributed by atoms with Gasteiger partial charge in [0.2, 0.25) is 15.9 Å². The van der Waals surface area contributed by atoms with Crippen molar-refractivity contribution >= 4 is 39.7 Å². The summed E-state index contributed by atoms with van der Waals surface area (Å²) in [6.07, 6.45) is 0.554. The number of hydrogen-bond acceptors (Lipinski definition) is 4. The first kappa shape index (κ1) is 20.7. The Bertz CT molecular complexity index is 574. The number of amides is 1. The lowest BCUT2D eigenvalue weighted by Crippen LogP contribution is -2.34. The molecule has 0 aliphatic rings. The number of nitrogens with two attached hydrogens (primary N) is 1. The van der Waals surface area contributed by atoms with Gasteiger partial charge in [0.15, 0.2) is 0 Å². The van der Waals surface area contributed by atoms with Gasteiger partial charge in [-0.15, -0.1) is 12.4 Å². The quantitative estimate of drug-likeness (QED) is 0.702. The summed E-state index contributed by atoms with van der Waals surface area (Å²) in [6.45, 7) is 5.33. The Morgan fingerprint density at radius 2 is 1.68 bits per heavy atom. The maximum atomic E-state index is 11.9. The van der Waals surface area contributed by atoms with Gasteiger partial charge in [-0.25, -0.2) is 8.42 Å². The highest BCUT2D eigenvalue weighted by atomic mass is 35.5. The average molecular weight is 350 g/mol. The van der Waals surface area contributed by atoms with Gasteiger partial charge in [-0.1, -0.05) is 13.8 Å². The Hall–Kier alpha value is -1.31. The molecule has 2 unspecified atom stereocenters. The van der Waals surface area contributed by atoms with E-state index < -0.39 is 10.0 Å². The second-order valence-electron chi connectivity index (χ2n) is 5.14. The van der Waals surface area contributed by atoms with Crippen LogP contribution in [0.15, 0.2) is 24.3 Å². The number of hydrogen-bond donors (Lipinski definition) is 3. The number of carbonyl (C=O) groups excluding carboxylic acids is 1. The van der Waals surface area contributed by atoms with Gasteiger partial charge in [0.1, 0.15) is 0 Å². The molecule has 0 heterocycles. The summed E-state index contributed by atoms with van der Waals surface area (Å²) in [4.78, 5) is 11.9. The third-order valence-corrected chi connectivity index (χ3v) is 4.59. The summed E-state index contributed by atoms with van der Waals surface area (Å²) in [6, 6.07) is 6.29. The molecule has 0 spiro atoms. The molecule has 1 rings (SSSR count). The van der Waals surface area contributed by atoms with Crippen LogP contribution in [0.2, 0.25) is 0 Å². The van der Waals surface area contributed by atoms with Crippen molar-refractivity contribution in [3.05, 3.63) is 24.3 Å². The highest BCUT2D eigenvalue weighted by molar-refractivity contribution is 7.92. The first-order valence-corrected chi connectivity index (χ1v) is 8.57. The van der Waals surface area contributed by atoms with Crippen molar-refractivity contribution in [1.29, 1.82) is 0 Å². The molecule has 0 aromatic heterocycles. The minimum absolute atomic E-state index is 0. The fraction of sp³-hybridized carbons (Fsp3) is 0.500. The van der Waals surface area contributed by atoms with E-state index in [9.17, 15) is 13.2 Å². The van der Waals surface area contributed by atoms with Crippen LogP contribution in [0.25, 0.3) is 0 Å². The zero-order valence-corrected chi connectivity index (χ0v) is 14.6. The Morgan fingerprint density at radius 3 is 2.14 bits per heavy atom. The van der Waals surface area contributed by atoms with E-state index in [1.807, 2.05) is 0 Å². The fourth-order valence-corrected chi connectivity index (χ4v) is 2.75. The zero-order chi connectivity index (χ0) is 16.0. The molecule has 1 aromatic carbocycles. The normalized spacial score (nSPS) is 13.6. The van der Waals surface area contributed by atoms with Gasteiger partial charge in [0.05, 0.1) is 11.7 Å². The molecule has 22 heavy (non-hydrogen) atoms. The molecule has 1 amide bonds. The molecule has 0 radical (unpaired) electrons. The highest BCUT2D eigenvalue weighted by Gasteiger charge is 2.17. The number of nitrogens with one attached hydrogen (secondary N) is 2. The topological polar surface area (TPSA) is 101 Å². The zero-order valence-electron chi connectivity index (χ0n) is 13.0. The van der Waals surface area contributed by atoms with Crippen LogP contribution in [-0.4, -0.2) is 26.1 Å². The molecule has 1 aromatic rings. The monoisotopic (exact) mass is 349 g/mol. The lowest BCUT2D eigenvalue weighted by Gasteiger charge is -2.15. The predicted molar refractivity (Wildman–Crippen MR) is 92.8 cm³/mol. The molecule has 2 atom stereocenters. The third kappa shape index (κ3) is 6.64. The smallest absolute Gasteiger partial charge is 0.232 e. The molecule has 8 heteroatoms. The fourth-order valence-electron chi connectivity index (χ4n) is 1.62.